The first-order chi connectivity index (χ1) is 65.0. The molecule has 4 amide bonds. The first-order valence-electron chi connectivity index (χ1n) is 44.2. The fraction of sp³-hybridized carbons (Fsp3) is 0.923. The average Bonchev–Trinajstić information content (AvgIpc) is 0.757. The van der Waals surface area contributed by atoms with Gasteiger partial charge in [-0.2, -0.15) is 0 Å². The highest BCUT2D eigenvalue weighted by molar-refractivity contribution is 5.78. The number of amides is 4. The quantitative estimate of drug-likeness (QED) is 0.0253. The van der Waals surface area contributed by atoms with Crippen molar-refractivity contribution in [1.82, 2.24) is 21.3 Å². The summed E-state index contributed by atoms with van der Waals surface area (Å²) in [4.78, 5) is 78.3. The lowest BCUT2D eigenvalue weighted by Gasteiger charge is -2.52. The van der Waals surface area contributed by atoms with Gasteiger partial charge in [0.05, 0.1) is 89.4 Å². The van der Waals surface area contributed by atoms with Crippen molar-refractivity contribution in [1.29, 1.82) is 0 Å². The summed E-state index contributed by atoms with van der Waals surface area (Å²) < 4.78 is 119. The molecule has 10 heterocycles. The van der Waals surface area contributed by atoms with Gasteiger partial charge >= 0.3 is 11.9 Å². The molecule has 138 heavy (non-hydrogen) atoms. The maximum absolute atomic E-state index is 13.5. The number of carboxylic acid groups (broad SMARTS) is 2. The van der Waals surface area contributed by atoms with E-state index in [0.717, 1.165) is 27.7 Å². The minimum absolute atomic E-state index is 0.128. The normalized spacial score (nSPS) is 46.2. The molecule has 10 saturated heterocycles. The van der Waals surface area contributed by atoms with E-state index < -0.39 is 432 Å². The van der Waals surface area contributed by atoms with Crippen LogP contribution in [0.25, 0.3) is 0 Å². The number of hydrogen-bond donors (Lipinski definition) is 34. The van der Waals surface area contributed by atoms with E-state index in [1.54, 1.807) is 0 Å². The Morgan fingerprint density at radius 3 is 0.862 bits per heavy atom. The SMILES string of the molecule is CC(=O)N[C@H]1[C@H](O[C@H]2[C@@H](O)[C@@H](CO)O[C@@H](OCCCCO[C@@H]3O[C@H](CO)[C@H](O)[C@H](O[C@@H]4O[C@H](CO)[C@@H](O[C@@H]5O[C@H](CO)[C@H](O)[C@H](O[C@]6(C(=O)O)C[C@H](O)[C@@H](NC(C)=O)[C@H]([C@H](O)[C@H](O)CO)O6)[C@H]5O)[C@H](O[C@@H]5O[C@@H](C)[C@@H](O)[C@@H](O)[C@@H]5O)[C@H]4NC(C)=O)[C@H]3O)[C@@H]2O)O[C@H](CO)[C@@H](O[C@@H]2O[C@H](CO)[C@H](O)[C@H](O[C@]3(C(=O)O)C[C@H](O)[C@@H](NC(C)=O)[C@H]([C@H](O)[C@H](O)CO)O3)[C@H]2O)[C@@H]1O[C@@H]1O[C@@H](C)[C@@H](O)[C@@H](O)[C@@H]1O. The Labute approximate surface area is 782 Å². The first kappa shape index (κ1) is 115. The van der Waals surface area contributed by atoms with Gasteiger partial charge in [0.2, 0.25) is 23.6 Å². The van der Waals surface area contributed by atoms with Crippen molar-refractivity contribution in [3.05, 3.63) is 0 Å². The number of nitrogens with one attached hydrogen (secondary N) is 4. The third-order valence-electron chi connectivity index (χ3n) is 25.2. The Bertz CT molecular complexity index is 3620. The molecule has 0 bridgehead atoms. The van der Waals surface area contributed by atoms with Crippen LogP contribution in [0.4, 0.5) is 0 Å². The summed E-state index contributed by atoms with van der Waals surface area (Å²) in [6.45, 7) is -4.27. The molecule has 0 unspecified atom stereocenters. The number of rotatable bonds is 41. The second-order valence-corrected chi connectivity index (χ2v) is 35.1. The summed E-state index contributed by atoms with van der Waals surface area (Å²) in [7, 11) is 0. The molecule has 0 saturated carbocycles. The summed E-state index contributed by atoms with van der Waals surface area (Å²) in [5.74, 6) is -14.7. The van der Waals surface area contributed by atoms with E-state index in [4.69, 9.17) is 94.7 Å². The summed E-state index contributed by atoms with van der Waals surface area (Å²) in [5.41, 5.74) is 0. The van der Waals surface area contributed by atoms with Crippen LogP contribution >= 0.6 is 0 Å². The Kier molecular flexibility index (Phi) is 41.5. The number of carbonyl (C=O) groups is 6. The van der Waals surface area contributed by atoms with Crippen LogP contribution in [0.15, 0.2) is 0 Å². The highest BCUT2D eigenvalue weighted by atomic mass is 16.8. The fourth-order valence-electron chi connectivity index (χ4n) is 17.8. The van der Waals surface area contributed by atoms with Crippen molar-refractivity contribution >= 4 is 35.6 Å². The predicted octanol–water partition coefficient (Wildman–Crippen LogP) is -21.0. The maximum atomic E-state index is 13.5. The number of carboxylic acids is 2. The van der Waals surface area contributed by atoms with Gasteiger partial charge in [0.15, 0.2) is 50.3 Å². The molecular weight excluding hydrogens is 1890 g/mol. The Morgan fingerprint density at radius 1 is 0.312 bits per heavy atom. The van der Waals surface area contributed by atoms with Gasteiger partial charge in [-0.25, -0.2) is 9.59 Å². The van der Waals surface area contributed by atoms with Gasteiger partial charge in [0.25, 0.3) is 11.6 Å². The van der Waals surface area contributed by atoms with Crippen LogP contribution in [0.2, 0.25) is 0 Å². The molecule has 798 valence electrons. The van der Waals surface area contributed by atoms with E-state index in [0.29, 0.717) is 0 Å². The molecule has 0 aromatic rings. The van der Waals surface area contributed by atoms with Crippen LogP contribution in [-0.4, -0.2) is 573 Å². The minimum atomic E-state index is -3.32. The number of aliphatic hydroxyl groups is 28. The average molecular weight is 2020 g/mol. The lowest BCUT2D eigenvalue weighted by Crippen LogP contribution is -2.72. The van der Waals surface area contributed by atoms with Crippen molar-refractivity contribution in [3.8, 4) is 0 Å². The van der Waals surface area contributed by atoms with Gasteiger partial charge in [0, 0.05) is 53.8 Å². The molecule has 0 aromatic carbocycles. The molecule has 0 aromatic heterocycles. The molecule has 10 aliphatic heterocycles. The Morgan fingerprint density at radius 2 is 0.572 bits per heavy atom. The molecule has 10 fully saturated rings. The monoisotopic (exact) mass is 2020 g/mol. The van der Waals surface area contributed by atoms with Gasteiger partial charge < -0.3 is 269 Å². The zero-order valence-corrected chi connectivity index (χ0v) is 74.8. The number of ether oxygens (including phenoxy) is 20. The van der Waals surface area contributed by atoms with Crippen LogP contribution < -0.4 is 21.3 Å². The van der Waals surface area contributed by atoms with Gasteiger partial charge in [-0.1, -0.05) is 0 Å². The molecule has 10 aliphatic rings. The zero-order chi connectivity index (χ0) is 102. The zero-order valence-electron chi connectivity index (χ0n) is 74.8. The first-order valence-corrected chi connectivity index (χ1v) is 44.2. The fourth-order valence-corrected chi connectivity index (χ4v) is 17.8. The molecule has 60 heteroatoms. The van der Waals surface area contributed by atoms with Crippen molar-refractivity contribution in [2.24, 2.45) is 0 Å². The topological polar surface area (TPSA) is 942 Å². The number of aliphatic carboxylic acids is 2. The van der Waals surface area contributed by atoms with Gasteiger partial charge in [-0.3, -0.25) is 19.2 Å². The third kappa shape index (κ3) is 25.6. The highest BCUT2D eigenvalue weighted by Crippen LogP contribution is 2.45. The molecular formula is C78H130N4O56. The van der Waals surface area contributed by atoms with Crippen LogP contribution in [0.3, 0.4) is 0 Å². The van der Waals surface area contributed by atoms with Crippen molar-refractivity contribution in [3.63, 3.8) is 0 Å². The van der Waals surface area contributed by atoms with Crippen LogP contribution in [0.5, 0.6) is 0 Å². The summed E-state index contributed by atoms with van der Waals surface area (Å²) in [5, 5.41) is 343. The third-order valence-corrected chi connectivity index (χ3v) is 25.2. The van der Waals surface area contributed by atoms with E-state index in [2.05, 4.69) is 21.3 Å². The molecule has 0 spiro atoms. The van der Waals surface area contributed by atoms with Gasteiger partial charge in [-0.05, 0) is 26.7 Å². The Hall–Kier alpha value is -5.10. The van der Waals surface area contributed by atoms with E-state index >= 15 is 0 Å². The standard InChI is InChI=1S/C78H130N4O56/c1-21-41(99)49(107)51(109)71(121-21)131-61-39(81-25(5)93)67(127-35(19-89)57(61)129-73-55(113)65(47(105)33(17-87)125-73)137-77(75(115)116)11-27(95)37(79-23(3)91)59(135-77)43(101)29(97)13-83)133-63-45(103)31(15-85)123-69(53(63)111)119-9-7-8-10-120-70-54(112)64(46(104)32(16-86)124-70)134-68-40(82-26(6)94)62(132-72-52(110)50(108)42(100)22(2)122-72)58(36(20-90)128-68)130-74-56(114)66(48(106)34(18-88)126-74)138-78(76(117)118)12-28(96)38(80-24(4)92)60(136-78)44(102)30(98)14-84/h21-22,27-74,83-90,95-114H,7-20H2,1-6H3,(H,79,91)(H,80,92)(H,81,93)(H,82,94)(H,115,116)(H,117,118)/t21-,22-,27-,28-,29+,30+,31+,32+,33+,34+,35+,36+,37+,38+,39+,40+,41+,42+,43+,44+,45-,46-,47-,48-,49+,50+,51-,52-,53+,54+,55+,56+,57+,58+,59+,60+,61+,62+,63-,64-,65-,66-,67-,68-,69+,70+,71-,72-,73-,74-,77-,78-/m0/s1. The molecule has 52 atom stereocenters. The lowest BCUT2D eigenvalue weighted by molar-refractivity contribution is -0.397. The van der Waals surface area contributed by atoms with E-state index in [-0.39, 0.29) is 12.8 Å². The number of carbonyl (C=O) groups excluding carboxylic acids is 4. The summed E-state index contributed by atoms with van der Waals surface area (Å²) >= 11 is 0. The van der Waals surface area contributed by atoms with Crippen LogP contribution in [-0.2, 0) is 124 Å². The molecule has 10 rings (SSSR count). The highest BCUT2D eigenvalue weighted by Gasteiger charge is 2.66. The molecule has 0 radical (unpaired) electrons. The van der Waals surface area contributed by atoms with Crippen LogP contribution in [0.1, 0.15) is 67.2 Å². The smallest absolute Gasteiger partial charge is 0.364 e. The second-order valence-electron chi connectivity index (χ2n) is 35.1. The predicted molar refractivity (Wildman–Crippen MR) is 428 cm³/mol. The molecule has 34 N–H and O–H groups in total. The number of aliphatic hydroxyl groups excluding tert-OH is 28. The molecule has 0 aliphatic carbocycles. The van der Waals surface area contributed by atoms with E-state index in [1.165, 1.54) is 13.8 Å². The van der Waals surface area contributed by atoms with E-state index in [1.807, 2.05) is 0 Å². The number of unbranched alkanes of at least 4 members (excludes halogenated alkanes) is 1. The van der Waals surface area contributed by atoms with Gasteiger partial charge in [0.1, 0.15) is 220 Å². The van der Waals surface area contributed by atoms with E-state index in [9.17, 15) is 182 Å². The largest absolute Gasteiger partial charge is 0.477 e. The number of hydrogen-bond acceptors (Lipinski definition) is 54. The summed E-state index contributed by atoms with van der Waals surface area (Å²) in [6, 6.07) is -7.53. The van der Waals surface area contributed by atoms with Crippen molar-refractivity contribution < 1.29 is 277 Å². The Balaban J connectivity index is 0.853. The minimum Gasteiger partial charge on any atom is -0.477 e. The second kappa shape index (κ2) is 49.9. The van der Waals surface area contributed by atoms with Crippen LogP contribution in [0, 0.1) is 0 Å². The maximum Gasteiger partial charge on any atom is 0.364 e. The van der Waals surface area contributed by atoms with Crippen molar-refractivity contribution in [2.75, 3.05) is 66.1 Å². The molecule has 60 nitrogen and oxygen atoms in total. The van der Waals surface area contributed by atoms with Crippen molar-refractivity contribution in [2.45, 2.75) is 385 Å². The van der Waals surface area contributed by atoms with Gasteiger partial charge in [-0.15, -0.1) is 0 Å². The summed E-state index contributed by atoms with van der Waals surface area (Å²) in [6.07, 6.45) is -100. The lowest BCUT2D eigenvalue weighted by atomic mass is 9.88.